The van der Waals surface area contributed by atoms with Crippen LogP contribution in [0.15, 0.2) is 4.99 Å². The molecule has 0 amide bonds. The van der Waals surface area contributed by atoms with Gasteiger partial charge >= 0.3 is 0 Å². The van der Waals surface area contributed by atoms with E-state index in [-0.39, 0.29) is 0 Å². The molecule has 1 aliphatic carbocycles. The molecule has 14 heavy (non-hydrogen) atoms. The first-order valence-electron chi connectivity index (χ1n) is 5.77. The highest BCUT2D eigenvalue weighted by Crippen LogP contribution is 2.38. The first-order chi connectivity index (χ1) is 6.71. The molecule has 2 aliphatic rings. The molecule has 1 saturated carbocycles. The van der Waals surface area contributed by atoms with Crippen LogP contribution in [0.1, 0.15) is 45.4 Å². The minimum absolute atomic E-state index is 0.418. The topological polar surface area (TPSA) is 50.4 Å². The molecule has 0 spiro atoms. The Kier molecular flexibility index (Phi) is 2.66. The van der Waals surface area contributed by atoms with E-state index < -0.39 is 0 Å². The fourth-order valence-corrected chi connectivity index (χ4v) is 2.74. The number of nitrogens with zero attached hydrogens (tertiary/aromatic N) is 1. The van der Waals surface area contributed by atoms with E-state index in [2.05, 4.69) is 17.2 Å². The number of nitrogens with one attached hydrogen (secondary N) is 1. The molecule has 1 aliphatic heterocycles. The Hall–Kier alpha value is -0.730. The maximum absolute atomic E-state index is 5.67. The zero-order valence-corrected chi connectivity index (χ0v) is 9.05. The molecule has 1 atom stereocenters. The summed E-state index contributed by atoms with van der Waals surface area (Å²) in [5.41, 5.74) is 6.09. The number of nitrogens with two attached hydrogens (primary N) is 1. The molecule has 1 fully saturated rings. The van der Waals surface area contributed by atoms with E-state index in [0.717, 1.165) is 6.54 Å². The van der Waals surface area contributed by atoms with Crippen molar-refractivity contribution in [1.82, 2.24) is 5.32 Å². The van der Waals surface area contributed by atoms with E-state index >= 15 is 0 Å². The Balaban J connectivity index is 2.00. The Labute approximate surface area is 86.2 Å². The van der Waals surface area contributed by atoms with Crippen LogP contribution in [0, 0.1) is 5.41 Å². The molecular formula is C11H21N3. The lowest BCUT2D eigenvalue weighted by Crippen LogP contribution is -2.45. The van der Waals surface area contributed by atoms with Crippen LogP contribution in [0.4, 0.5) is 0 Å². The van der Waals surface area contributed by atoms with Crippen LogP contribution in [-0.4, -0.2) is 18.5 Å². The highest BCUT2D eigenvalue weighted by atomic mass is 15.2. The summed E-state index contributed by atoms with van der Waals surface area (Å²) in [5, 5.41) is 3.32. The third-order valence-corrected chi connectivity index (χ3v) is 3.85. The van der Waals surface area contributed by atoms with Gasteiger partial charge in [-0.2, -0.15) is 0 Å². The molecule has 0 aromatic heterocycles. The fraction of sp³-hybridized carbons (Fsp3) is 0.909. The van der Waals surface area contributed by atoms with Gasteiger partial charge in [-0.3, -0.25) is 4.99 Å². The number of hydrogen-bond acceptors (Lipinski definition) is 3. The van der Waals surface area contributed by atoms with Gasteiger partial charge in [-0.05, 0) is 18.3 Å². The molecule has 0 aromatic rings. The molecule has 2 rings (SSSR count). The van der Waals surface area contributed by atoms with E-state index in [1.165, 1.54) is 38.5 Å². The zero-order chi connectivity index (χ0) is 10.0. The van der Waals surface area contributed by atoms with E-state index in [0.29, 0.717) is 17.4 Å². The van der Waals surface area contributed by atoms with E-state index in [4.69, 9.17) is 5.73 Å². The van der Waals surface area contributed by atoms with Crippen molar-refractivity contribution in [1.29, 1.82) is 0 Å². The van der Waals surface area contributed by atoms with E-state index in [1.54, 1.807) is 0 Å². The summed E-state index contributed by atoms with van der Waals surface area (Å²) in [4.78, 5) is 4.25. The van der Waals surface area contributed by atoms with E-state index in [1.807, 2.05) is 0 Å². The summed E-state index contributed by atoms with van der Waals surface area (Å²) in [6.45, 7) is 3.27. The maximum atomic E-state index is 5.67. The molecule has 0 aromatic carbocycles. The average Bonchev–Trinajstić information content (AvgIpc) is 2.47. The molecule has 1 heterocycles. The van der Waals surface area contributed by atoms with Crippen LogP contribution in [0.25, 0.3) is 0 Å². The molecule has 0 saturated heterocycles. The Morgan fingerprint density at radius 2 is 1.93 bits per heavy atom. The lowest BCUT2D eigenvalue weighted by molar-refractivity contribution is 0.212. The molecule has 1 unspecified atom stereocenters. The van der Waals surface area contributed by atoms with Crippen molar-refractivity contribution in [3.8, 4) is 0 Å². The van der Waals surface area contributed by atoms with Crippen molar-refractivity contribution in [3.05, 3.63) is 0 Å². The standard InChI is InChI=1S/C11H21N3/c1-11(6-4-2-3-5-7-11)9-8-13-10(12)14-9/h9H,2-8H2,1H3,(H3,12,13,14). The minimum Gasteiger partial charge on any atom is -0.370 e. The number of guanidine groups is 1. The van der Waals surface area contributed by atoms with Gasteiger partial charge in [-0.15, -0.1) is 0 Å². The maximum Gasteiger partial charge on any atom is 0.188 e. The van der Waals surface area contributed by atoms with Crippen molar-refractivity contribution in [2.24, 2.45) is 16.1 Å². The average molecular weight is 195 g/mol. The molecule has 80 valence electrons. The lowest BCUT2D eigenvalue weighted by Gasteiger charge is -2.34. The quantitative estimate of drug-likeness (QED) is 0.625. The van der Waals surface area contributed by atoms with Gasteiger partial charge in [-0.1, -0.05) is 32.6 Å². The van der Waals surface area contributed by atoms with Crippen molar-refractivity contribution >= 4 is 5.96 Å². The van der Waals surface area contributed by atoms with Crippen LogP contribution >= 0.6 is 0 Å². The summed E-state index contributed by atoms with van der Waals surface area (Å²) in [5.74, 6) is 0.639. The van der Waals surface area contributed by atoms with Crippen LogP contribution in [0.3, 0.4) is 0 Å². The number of rotatable bonds is 1. The number of aliphatic imine (C=N–C) groups is 1. The Bertz CT molecular complexity index is 227. The predicted molar refractivity (Wildman–Crippen MR) is 59.2 cm³/mol. The highest BCUT2D eigenvalue weighted by molar-refractivity contribution is 5.80. The summed E-state index contributed by atoms with van der Waals surface area (Å²) < 4.78 is 0. The van der Waals surface area contributed by atoms with Gasteiger partial charge in [0.1, 0.15) is 0 Å². The fourth-order valence-electron chi connectivity index (χ4n) is 2.74. The van der Waals surface area contributed by atoms with Crippen molar-refractivity contribution in [3.63, 3.8) is 0 Å². The summed E-state index contributed by atoms with van der Waals surface area (Å²) in [6.07, 6.45) is 8.20. The van der Waals surface area contributed by atoms with Gasteiger partial charge in [-0.25, -0.2) is 0 Å². The second-order valence-electron chi connectivity index (χ2n) is 4.99. The van der Waals surface area contributed by atoms with Gasteiger partial charge in [0.2, 0.25) is 0 Å². The molecule has 0 bridgehead atoms. The van der Waals surface area contributed by atoms with Crippen LogP contribution < -0.4 is 11.1 Å². The van der Waals surface area contributed by atoms with Gasteiger partial charge in [0.25, 0.3) is 0 Å². The first kappa shape index (κ1) is 9.81. The van der Waals surface area contributed by atoms with Gasteiger partial charge in [0.05, 0.1) is 12.6 Å². The molecule has 3 nitrogen and oxygen atoms in total. The van der Waals surface area contributed by atoms with Crippen molar-refractivity contribution in [2.45, 2.75) is 51.5 Å². The van der Waals surface area contributed by atoms with Crippen LogP contribution in [0.2, 0.25) is 0 Å². The van der Waals surface area contributed by atoms with Gasteiger partial charge in [0.15, 0.2) is 5.96 Å². The highest BCUT2D eigenvalue weighted by Gasteiger charge is 2.36. The van der Waals surface area contributed by atoms with Gasteiger partial charge in [0, 0.05) is 0 Å². The molecule has 3 heteroatoms. The predicted octanol–water partition coefficient (Wildman–Crippen LogP) is 1.63. The molecule has 0 radical (unpaired) electrons. The second-order valence-corrected chi connectivity index (χ2v) is 4.99. The molecular weight excluding hydrogens is 174 g/mol. The summed E-state index contributed by atoms with van der Waals surface area (Å²) >= 11 is 0. The third-order valence-electron chi connectivity index (χ3n) is 3.85. The monoisotopic (exact) mass is 195 g/mol. The SMILES string of the molecule is CC1(C2CN=C(N)N2)CCCCCC1. The Morgan fingerprint density at radius 1 is 1.29 bits per heavy atom. The summed E-state index contributed by atoms with van der Waals surface area (Å²) in [7, 11) is 0. The van der Waals surface area contributed by atoms with E-state index in [9.17, 15) is 0 Å². The second kappa shape index (κ2) is 3.79. The smallest absolute Gasteiger partial charge is 0.188 e. The Morgan fingerprint density at radius 3 is 2.43 bits per heavy atom. The van der Waals surface area contributed by atoms with Crippen LogP contribution in [-0.2, 0) is 0 Å². The molecule has 3 N–H and O–H groups in total. The van der Waals surface area contributed by atoms with Crippen LogP contribution in [0.5, 0.6) is 0 Å². The largest absolute Gasteiger partial charge is 0.370 e. The van der Waals surface area contributed by atoms with Crippen molar-refractivity contribution in [2.75, 3.05) is 6.54 Å². The lowest BCUT2D eigenvalue weighted by atomic mass is 9.76. The zero-order valence-electron chi connectivity index (χ0n) is 9.05. The minimum atomic E-state index is 0.418. The summed E-state index contributed by atoms with van der Waals surface area (Å²) in [6, 6.07) is 0.487. The first-order valence-corrected chi connectivity index (χ1v) is 5.77. The number of hydrogen-bond donors (Lipinski definition) is 2. The van der Waals surface area contributed by atoms with Crippen molar-refractivity contribution < 1.29 is 0 Å². The normalized spacial score (nSPS) is 31.8. The van der Waals surface area contributed by atoms with Gasteiger partial charge < -0.3 is 11.1 Å². The third kappa shape index (κ3) is 1.86.